The lowest BCUT2D eigenvalue weighted by molar-refractivity contribution is 0.103. The zero-order valence-corrected chi connectivity index (χ0v) is 9.31. The lowest BCUT2D eigenvalue weighted by Crippen LogP contribution is -2.00. The predicted molar refractivity (Wildman–Crippen MR) is 66.4 cm³/mol. The lowest BCUT2D eigenvalue weighted by atomic mass is 10.0. The predicted octanol–water partition coefficient (Wildman–Crippen LogP) is 3.70. The summed E-state index contributed by atoms with van der Waals surface area (Å²) in [5, 5.41) is 0. The van der Waals surface area contributed by atoms with E-state index in [1.54, 1.807) is 0 Å². The fraction of sp³-hybridized carbons (Fsp3) is 0.133. The molecule has 0 bridgehead atoms. The van der Waals surface area contributed by atoms with Gasteiger partial charge in [0.2, 0.25) is 0 Å². The SMILES string of the molecule is CC1=CC=CC(C(=O)c2ccccc2)=CC1. The van der Waals surface area contributed by atoms with E-state index in [1.165, 1.54) is 5.57 Å². The summed E-state index contributed by atoms with van der Waals surface area (Å²) in [7, 11) is 0. The van der Waals surface area contributed by atoms with Crippen LogP contribution in [-0.4, -0.2) is 5.78 Å². The molecule has 0 spiro atoms. The highest BCUT2D eigenvalue weighted by Gasteiger charge is 2.09. The number of rotatable bonds is 2. The second kappa shape index (κ2) is 4.75. The van der Waals surface area contributed by atoms with E-state index < -0.39 is 0 Å². The highest BCUT2D eigenvalue weighted by molar-refractivity contribution is 6.10. The van der Waals surface area contributed by atoms with E-state index >= 15 is 0 Å². The molecule has 0 heterocycles. The number of Topliss-reactive ketones (excluding diaryl/α,β-unsaturated/α-hetero) is 1. The molecule has 1 aromatic rings. The fourth-order valence-corrected chi connectivity index (χ4v) is 1.65. The maximum absolute atomic E-state index is 12.1. The average molecular weight is 210 g/mol. The molecule has 0 fully saturated rings. The normalized spacial score (nSPS) is 15.1. The van der Waals surface area contributed by atoms with Crippen molar-refractivity contribution in [2.24, 2.45) is 0 Å². The van der Waals surface area contributed by atoms with Crippen molar-refractivity contribution < 1.29 is 4.79 Å². The molecule has 0 N–H and O–H groups in total. The molecule has 0 saturated carbocycles. The minimum absolute atomic E-state index is 0.0972. The molecule has 0 unspecified atom stereocenters. The van der Waals surface area contributed by atoms with Gasteiger partial charge in [-0.05, 0) is 13.3 Å². The Hall–Kier alpha value is -1.89. The van der Waals surface area contributed by atoms with Crippen LogP contribution in [0.3, 0.4) is 0 Å². The average Bonchev–Trinajstić information content (AvgIpc) is 2.54. The van der Waals surface area contributed by atoms with Gasteiger partial charge >= 0.3 is 0 Å². The van der Waals surface area contributed by atoms with E-state index in [0.29, 0.717) is 0 Å². The molecule has 1 aromatic carbocycles. The Kier molecular flexibility index (Phi) is 3.16. The van der Waals surface area contributed by atoms with Crippen molar-refractivity contribution >= 4 is 5.78 Å². The van der Waals surface area contributed by atoms with Gasteiger partial charge in [-0.3, -0.25) is 4.79 Å². The first-order valence-electron chi connectivity index (χ1n) is 5.41. The quantitative estimate of drug-likeness (QED) is 0.680. The van der Waals surface area contributed by atoms with Crippen LogP contribution >= 0.6 is 0 Å². The van der Waals surface area contributed by atoms with Crippen molar-refractivity contribution in [3.05, 3.63) is 71.3 Å². The van der Waals surface area contributed by atoms with Crippen LogP contribution in [-0.2, 0) is 0 Å². The topological polar surface area (TPSA) is 17.1 Å². The van der Waals surface area contributed by atoms with Crippen LogP contribution in [0.25, 0.3) is 0 Å². The third-order valence-corrected chi connectivity index (χ3v) is 2.60. The van der Waals surface area contributed by atoms with Crippen LogP contribution in [0, 0.1) is 0 Å². The third kappa shape index (κ3) is 2.37. The zero-order chi connectivity index (χ0) is 11.4. The molecule has 1 aliphatic rings. The molecule has 0 radical (unpaired) electrons. The van der Waals surface area contributed by atoms with E-state index in [9.17, 15) is 4.79 Å². The Morgan fingerprint density at radius 1 is 1.19 bits per heavy atom. The first kappa shape index (κ1) is 10.6. The van der Waals surface area contributed by atoms with Gasteiger partial charge in [-0.1, -0.05) is 60.2 Å². The number of carbonyl (C=O) groups excluding carboxylic acids is 1. The second-order valence-corrected chi connectivity index (χ2v) is 3.93. The van der Waals surface area contributed by atoms with E-state index in [1.807, 2.05) is 54.6 Å². The highest BCUT2D eigenvalue weighted by atomic mass is 16.1. The molecule has 2 rings (SSSR count). The third-order valence-electron chi connectivity index (χ3n) is 2.60. The van der Waals surface area contributed by atoms with Gasteiger partial charge < -0.3 is 0 Å². The summed E-state index contributed by atoms with van der Waals surface area (Å²) >= 11 is 0. The molecule has 0 amide bonds. The summed E-state index contributed by atoms with van der Waals surface area (Å²) in [6, 6.07) is 9.39. The van der Waals surface area contributed by atoms with E-state index in [4.69, 9.17) is 0 Å². The number of carbonyl (C=O) groups is 1. The number of ketones is 1. The Morgan fingerprint density at radius 3 is 2.69 bits per heavy atom. The number of hydrogen-bond donors (Lipinski definition) is 0. The van der Waals surface area contributed by atoms with Crippen molar-refractivity contribution in [3.8, 4) is 0 Å². The summed E-state index contributed by atoms with van der Waals surface area (Å²) in [4.78, 5) is 12.1. The molecule has 0 saturated heterocycles. The minimum Gasteiger partial charge on any atom is -0.289 e. The maximum atomic E-state index is 12.1. The van der Waals surface area contributed by atoms with Gasteiger partial charge in [-0.2, -0.15) is 0 Å². The van der Waals surface area contributed by atoms with Crippen molar-refractivity contribution in [2.45, 2.75) is 13.3 Å². The van der Waals surface area contributed by atoms with Gasteiger partial charge in [0, 0.05) is 11.1 Å². The molecular formula is C15H14O. The Morgan fingerprint density at radius 2 is 1.94 bits per heavy atom. The zero-order valence-electron chi connectivity index (χ0n) is 9.31. The molecule has 1 heteroatoms. The van der Waals surface area contributed by atoms with Crippen molar-refractivity contribution in [1.82, 2.24) is 0 Å². The highest BCUT2D eigenvalue weighted by Crippen LogP contribution is 2.15. The van der Waals surface area contributed by atoms with Gasteiger partial charge in [0.25, 0.3) is 0 Å². The first-order chi connectivity index (χ1) is 7.77. The lowest BCUT2D eigenvalue weighted by Gasteiger charge is -2.01. The molecule has 1 nitrogen and oxygen atoms in total. The van der Waals surface area contributed by atoms with Gasteiger partial charge in [0.1, 0.15) is 0 Å². The molecule has 0 atom stereocenters. The fourth-order valence-electron chi connectivity index (χ4n) is 1.65. The number of benzene rings is 1. The molecule has 0 aliphatic heterocycles. The Balaban J connectivity index is 2.25. The molecule has 0 aromatic heterocycles. The van der Waals surface area contributed by atoms with Crippen molar-refractivity contribution in [2.75, 3.05) is 0 Å². The maximum Gasteiger partial charge on any atom is 0.192 e. The first-order valence-corrected chi connectivity index (χ1v) is 5.41. The van der Waals surface area contributed by atoms with Crippen LogP contribution in [0.2, 0.25) is 0 Å². The summed E-state index contributed by atoms with van der Waals surface area (Å²) < 4.78 is 0. The Labute approximate surface area is 95.8 Å². The summed E-state index contributed by atoms with van der Waals surface area (Å²) in [6.45, 7) is 2.07. The summed E-state index contributed by atoms with van der Waals surface area (Å²) in [6.07, 6.45) is 8.70. The van der Waals surface area contributed by atoms with Gasteiger partial charge in [0.05, 0.1) is 0 Å². The second-order valence-electron chi connectivity index (χ2n) is 3.93. The monoisotopic (exact) mass is 210 g/mol. The number of allylic oxidation sites excluding steroid dienone is 6. The van der Waals surface area contributed by atoms with Gasteiger partial charge in [0.15, 0.2) is 5.78 Å². The Bertz CT molecular complexity index is 475. The van der Waals surface area contributed by atoms with E-state index in [-0.39, 0.29) is 5.78 Å². The van der Waals surface area contributed by atoms with Crippen LogP contribution in [0.4, 0.5) is 0 Å². The van der Waals surface area contributed by atoms with E-state index in [0.717, 1.165) is 17.6 Å². The largest absolute Gasteiger partial charge is 0.289 e. The van der Waals surface area contributed by atoms with Crippen LogP contribution in [0.1, 0.15) is 23.7 Å². The summed E-state index contributed by atoms with van der Waals surface area (Å²) in [5.74, 6) is 0.0972. The molecule has 1 aliphatic carbocycles. The van der Waals surface area contributed by atoms with Crippen molar-refractivity contribution in [1.29, 1.82) is 0 Å². The van der Waals surface area contributed by atoms with Crippen LogP contribution in [0.5, 0.6) is 0 Å². The molecule has 16 heavy (non-hydrogen) atoms. The number of hydrogen-bond acceptors (Lipinski definition) is 1. The molecular weight excluding hydrogens is 196 g/mol. The van der Waals surface area contributed by atoms with Gasteiger partial charge in [-0.15, -0.1) is 0 Å². The minimum atomic E-state index is 0.0972. The summed E-state index contributed by atoms with van der Waals surface area (Å²) in [5.41, 5.74) is 2.80. The standard InChI is InChI=1S/C15H14O/c1-12-6-5-9-14(11-10-12)15(16)13-7-3-2-4-8-13/h2-9,11H,10H2,1H3. The molecule has 80 valence electrons. The van der Waals surface area contributed by atoms with Crippen molar-refractivity contribution in [3.63, 3.8) is 0 Å². The van der Waals surface area contributed by atoms with E-state index in [2.05, 4.69) is 6.92 Å². The van der Waals surface area contributed by atoms with Gasteiger partial charge in [-0.25, -0.2) is 0 Å². The smallest absolute Gasteiger partial charge is 0.192 e. The van der Waals surface area contributed by atoms with Crippen LogP contribution < -0.4 is 0 Å². The van der Waals surface area contributed by atoms with Crippen LogP contribution in [0.15, 0.2) is 65.8 Å².